The Labute approximate surface area is 55.3 Å². The molecule has 0 rings (SSSR count). The largest absolute Gasteiger partial charge is 0.321 e. The summed E-state index contributed by atoms with van der Waals surface area (Å²) in [6.45, 7) is 1.51. The van der Waals surface area contributed by atoms with E-state index >= 15 is 0 Å². The van der Waals surface area contributed by atoms with Gasteiger partial charge in [0.25, 0.3) is 0 Å². The zero-order chi connectivity index (χ0) is 6.57. The van der Waals surface area contributed by atoms with Gasteiger partial charge in [0.15, 0.2) is 0 Å². The Morgan fingerprint density at radius 3 is 2.62 bits per heavy atom. The number of Topliss-reactive ketones (excluding diaryl/α,β-unsaturated/α-hetero) is 1. The lowest BCUT2D eigenvalue weighted by Gasteiger charge is -2.02. The number of carbonyl (C=O) groups excluding carboxylic acids is 1. The van der Waals surface area contributed by atoms with Gasteiger partial charge in [-0.05, 0) is 13.2 Å². The summed E-state index contributed by atoms with van der Waals surface area (Å²) >= 11 is 1.59. The van der Waals surface area contributed by atoms with Crippen LogP contribution < -0.4 is 5.73 Å². The summed E-state index contributed by atoms with van der Waals surface area (Å²) in [7, 11) is 0. The molecule has 0 bridgehead atoms. The van der Waals surface area contributed by atoms with Crippen molar-refractivity contribution in [3.63, 3.8) is 0 Å². The SMILES string of the molecule is CSC[C@H](N)C(C)=O.[HH]. The molecule has 0 aliphatic carbocycles. The van der Waals surface area contributed by atoms with Crippen molar-refractivity contribution < 1.29 is 6.22 Å². The molecule has 0 aliphatic heterocycles. The van der Waals surface area contributed by atoms with Gasteiger partial charge in [-0.3, -0.25) is 4.79 Å². The van der Waals surface area contributed by atoms with E-state index in [9.17, 15) is 4.79 Å². The maximum absolute atomic E-state index is 10.4. The van der Waals surface area contributed by atoms with Crippen LogP contribution in [0.4, 0.5) is 0 Å². The molecule has 0 amide bonds. The molecule has 8 heavy (non-hydrogen) atoms. The Balaban J connectivity index is 0. The first kappa shape index (κ1) is 7.98. The molecule has 0 saturated heterocycles. The lowest BCUT2D eigenvalue weighted by Crippen LogP contribution is -2.30. The van der Waals surface area contributed by atoms with Gasteiger partial charge in [-0.1, -0.05) is 0 Å². The molecular formula is C5H13NOS. The zero-order valence-corrected chi connectivity index (χ0v) is 5.99. The quantitative estimate of drug-likeness (QED) is 0.613. The van der Waals surface area contributed by atoms with Crippen molar-refractivity contribution in [2.75, 3.05) is 12.0 Å². The number of hydrogen-bond acceptors (Lipinski definition) is 3. The predicted molar refractivity (Wildman–Crippen MR) is 39.2 cm³/mol. The highest BCUT2D eigenvalue weighted by atomic mass is 32.2. The maximum atomic E-state index is 10.4. The van der Waals surface area contributed by atoms with Crippen molar-refractivity contribution in [1.82, 2.24) is 0 Å². The van der Waals surface area contributed by atoms with Crippen LogP contribution in [0.3, 0.4) is 0 Å². The van der Waals surface area contributed by atoms with Crippen molar-refractivity contribution in [1.29, 1.82) is 0 Å². The third kappa shape index (κ3) is 3.04. The van der Waals surface area contributed by atoms with Crippen molar-refractivity contribution in [2.24, 2.45) is 5.73 Å². The minimum absolute atomic E-state index is 0. The molecule has 0 heterocycles. The van der Waals surface area contributed by atoms with Gasteiger partial charge in [-0.2, -0.15) is 11.8 Å². The first-order chi connectivity index (χ1) is 3.68. The molecule has 0 aromatic rings. The van der Waals surface area contributed by atoms with Crippen LogP contribution in [0.5, 0.6) is 0 Å². The molecule has 0 fully saturated rings. The second kappa shape index (κ2) is 3.92. The van der Waals surface area contributed by atoms with Crippen molar-refractivity contribution in [2.45, 2.75) is 13.0 Å². The minimum atomic E-state index is -0.259. The van der Waals surface area contributed by atoms with E-state index in [1.54, 1.807) is 11.8 Å². The van der Waals surface area contributed by atoms with Crippen molar-refractivity contribution in [3.8, 4) is 0 Å². The smallest absolute Gasteiger partial charge is 0.147 e. The molecule has 3 heteroatoms. The molecule has 2 N–H and O–H groups in total. The second-order valence-electron chi connectivity index (χ2n) is 1.67. The van der Waals surface area contributed by atoms with E-state index in [4.69, 9.17) is 5.73 Å². The summed E-state index contributed by atoms with van der Waals surface area (Å²) in [4.78, 5) is 10.4. The van der Waals surface area contributed by atoms with E-state index in [0.29, 0.717) is 0 Å². The summed E-state index contributed by atoms with van der Waals surface area (Å²) in [6.07, 6.45) is 1.93. The van der Waals surface area contributed by atoms with Gasteiger partial charge in [-0.15, -0.1) is 0 Å². The molecule has 0 radical (unpaired) electrons. The highest BCUT2D eigenvalue weighted by molar-refractivity contribution is 7.98. The Morgan fingerprint density at radius 1 is 2.00 bits per heavy atom. The van der Waals surface area contributed by atoms with Crippen molar-refractivity contribution >= 4 is 17.5 Å². The van der Waals surface area contributed by atoms with Gasteiger partial charge in [0, 0.05) is 7.18 Å². The van der Waals surface area contributed by atoms with Crippen LogP contribution in [-0.2, 0) is 4.79 Å². The van der Waals surface area contributed by atoms with E-state index in [0.717, 1.165) is 5.75 Å². The van der Waals surface area contributed by atoms with E-state index in [1.165, 1.54) is 6.92 Å². The van der Waals surface area contributed by atoms with E-state index in [-0.39, 0.29) is 13.3 Å². The molecule has 0 aromatic heterocycles. The van der Waals surface area contributed by atoms with Crippen molar-refractivity contribution in [3.05, 3.63) is 0 Å². The molecule has 0 saturated carbocycles. The Morgan fingerprint density at radius 2 is 2.50 bits per heavy atom. The molecule has 1 atom stereocenters. The second-order valence-corrected chi connectivity index (χ2v) is 2.58. The first-order valence-corrected chi connectivity index (χ1v) is 3.83. The lowest BCUT2D eigenvalue weighted by molar-refractivity contribution is -0.117. The summed E-state index contributed by atoms with van der Waals surface area (Å²) in [5.41, 5.74) is 5.36. The van der Waals surface area contributed by atoms with E-state index in [2.05, 4.69) is 0 Å². The van der Waals surface area contributed by atoms with Gasteiger partial charge in [0.2, 0.25) is 0 Å². The molecule has 0 aliphatic rings. The van der Waals surface area contributed by atoms with E-state index < -0.39 is 0 Å². The number of rotatable bonds is 3. The first-order valence-electron chi connectivity index (χ1n) is 2.43. The summed E-state index contributed by atoms with van der Waals surface area (Å²) in [6, 6.07) is -0.259. The number of carbonyl (C=O) groups is 1. The lowest BCUT2D eigenvalue weighted by atomic mass is 10.3. The third-order valence-electron chi connectivity index (χ3n) is 0.868. The van der Waals surface area contributed by atoms with Gasteiger partial charge >= 0.3 is 0 Å². The van der Waals surface area contributed by atoms with Gasteiger partial charge in [0.05, 0.1) is 6.04 Å². The van der Waals surface area contributed by atoms with Crippen LogP contribution in [0, 0.1) is 0 Å². The zero-order valence-electron chi connectivity index (χ0n) is 5.18. The van der Waals surface area contributed by atoms with Crippen LogP contribution in [-0.4, -0.2) is 23.8 Å². The fourth-order valence-electron chi connectivity index (χ4n) is 0.297. The summed E-state index contributed by atoms with van der Waals surface area (Å²) in [5.74, 6) is 0.800. The van der Waals surface area contributed by atoms with Crippen LogP contribution in [0.25, 0.3) is 0 Å². The molecule has 0 spiro atoms. The van der Waals surface area contributed by atoms with Gasteiger partial charge in [-0.25, -0.2) is 0 Å². The van der Waals surface area contributed by atoms with Crippen LogP contribution in [0.2, 0.25) is 0 Å². The highest BCUT2D eigenvalue weighted by Gasteiger charge is 2.04. The number of hydrogen-bond donors (Lipinski definition) is 1. The third-order valence-corrected chi connectivity index (χ3v) is 1.56. The standard InChI is InChI=1S/C5H11NOS.H2/c1-4(7)5(6)3-8-2;/h5H,3,6H2,1-2H3;1H/t5-;/m0./s1. The fraction of sp³-hybridized carbons (Fsp3) is 0.800. The molecule has 0 unspecified atom stereocenters. The monoisotopic (exact) mass is 135 g/mol. The maximum Gasteiger partial charge on any atom is 0.147 e. The predicted octanol–water partition coefficient (Wildman–Crippen LogP) is 0.512. The Hall–Kier alpha value is -0.0200. The average molecular weight is 135 g/mol. The highest BCUT2D eigenvalue weighted by Crippen LogP contribution is 1.94. The Bertz CT molecular complexity index is 89.0. The number of ketones is 1. The average Bonchev–Trinajstić information content (AvgIpc) is 1.67. The van der Waals surface area contributed by atoms with Gasteiger partial charge in [0.1, 0.15) is 5.78 Å². The fourth-order valence-corrected chi connectivity index (χ4v) is 0.891. The number of nitrogens with two attached hydrogens (primary N) is 1. The molecule has 0 aromatic carbocycles. The summed E-state index contributed by atoms with van der Waals surface area (Å²) < 4.78 is 0. The van der Waals surface area contributed by atoms with Gasteiger partial charge < -0.3 is 5.73 Å². The van der Waals surface area contributed by atoms with Crippen LogP contribution >= 0.6 is 11.8 Å². The molecule has 50 valence electrons. The summed E-state index contributed by atoms with van der Waals surface area (Å²) in [5, 5.41) is 0. The van der Waals surface area contributed by atoms with Crippen LogP contribution in [0.15, 0.2) is 0 Å². The molecule has 2 nitrogen and oxygen atoms in total. The molecular weight excluding hydrogens is 122 g/mol. The van der Waals surface area contributed by atoms with E-state index in [1.807, 2.05) is 6.26 Å². The minimum Gasteiger partial charge on any atom is -0.321 e. The normalized spacial score (nSPS) is 13.4. The van der Waals surface area contributed by atoms with Crippen LogP contribution in [0.1, 0.15) is 8.35 Å². The Kier molecular flexibility index (Phi) is 3.91. The topological polar surface area (TPSA) is 43.1 Å². The number of thioether (sulfide) groups is 1.